The van der Waals surface area contributed by atoms with Crippen molar-refractivity contribution in [3.05, 3.63) is 68.2 Å². The molecule has 3 rings (SSSR count). The normalized spacial score (nSPS) is 16.9. The summed E-state index contributed by atoms with van der Waals surface area (Å²) in [4.78, 5) is 35.9. The van der Waals surface area contributed by atoms with Crippen molar-refractivity contribution >= 4 is 46.5 Å². The van der Waals surface area contributed by atoms with Crippen LogP contribution in [0.15, 0.2) is 42.5 Å². The predicted molar refractivity (Wildman–Crippen MR) is 93.1 cm³/mol. The molecule has 0 bridgehead atoms. The summed E-state index contributed by atoms with van der Waals surface area (Å²) < 4.78 is 0. The van der Waals surface area contributed by atoms with E-state index >= 15 is 0 Å². The standard InChI is InChI=1S/C16H11Cl2N3O4/c17-10-6-11(18)8-13(7-10)20-15(22)14(19-16(20)23)5-9-1-3-12(4-2-9)21(24)25/h1-4,6-8,14H,5H2,(H,19,23). The molecule has 0 saturated carbocycles. The topological polar surface area (TPSA) is 92.5 Å². The number of imide groups is 1. The fourth-order valence-electron chi connectivity index (χ4n) is 2.57. The monoisotopic (exact) mass is 379 g/mol. The molecule has 9 heteroatoms. The van der Waals surface area contributed by atoms with E-state index in [0.717, 1.165) is 4.90 Å². The molecule has 2 aromatic rings. The number of urea groups is 1. The summed E-state index contributed by atoms with van der Waals surface area (Å²) in [5.74, 6) is -0.443. The molecular weight excluding hydrogens is 369 g/mol. The van der Waals surface area contributed by atoms with E-state index < -0.39 is 22.9 Å². The molecule has 3 amide bonds. The molecule has 0 aromatic heterocycles. The largest absolute Gasteiger partial charge is 0.329 e. The zero-order valence-corrected chi connectivity index (χ0v) is 14.1. The first-order chi connectivity index (χ1) is 11.8. The number of amides is 3. The average molecular weight is 380 g/mol. The van der Waals surface area contributed by atoms with Crippen LogP contribution in [0, 0.1) is 10.1 Å². The zero-order valence-electron chi connectivity index (χ0n) is 12.6. The van der Waals surface area contributed by atoms with Crippen molar-refractivity contribution in [2.75, 3.05) is 4.90 Å². The number of benzene rings is 2. The Labute approximate surface area is 152 Å². The summed E-state index contributed by atoms with van der Waals surface area (Å²) in [6.45, 7) is 0. The van der Waals surface area contributed by atoms with Crippen LogP contribution in [0.25, 0.3) is 0 Å². The number of hydrogen-bond acceptors (Lipinski definition) is 4. The quantitative estimate of drug-likeness (QED) is 0.499. The maximum absolute atomic E-state index is 12.6. The number of hydrogen-bond donors (Lipinski definition) is 1. The summed E-state index contributed by atoms with van der Waals surface area (Å²) in [6, 6.07) is 8.91. The molecule has 1 atom stereocenters. The third-order valence-electron chi connectivity index (χ3n) is 3.71. The average Bonchev–Trinajstić information content (AvgIpc) is 2.81. The predicted octanol–water partition coefficient (Wildman–Crippen LogP) is 3.57. The Morgan fingerprint density at radius 3 is 2.24 bits per heavy atom. The Bertz CT molecular complexity index is 850. The number of non-ortho nitro benzene ring substituents is 1. The van der Waals surface area contributed by atoms with Gasteiger partial charge in [-0.1, -0.05) is 35.3 Å². The lowest BCUT2D eigenvalue weighted by Gasteiger charge is -2.14. The fraction of sp³-hybridized carbons (Fsp3) is 0.125. The Morgan fingerprint density at radius 2 is 1.68 bits per heavy atom. The number of rotatable bonds is 4. The number of carbonyl (C=O) groups is 2. The minimum absolute atomic E-state index is 0.0410. The molecule has 0 radical (unpaired) electrons. The van der Waals surface area contributed by atoms with Crippen LogP contribution in [0.3, 0.4) is 0 Å². The number of anilines is 1. The van der Waals surface area contributed by atoms with Gasteiger partial charge in [-0.15, -0.1) is 0 Å². The molecule has 0 spiro atoms. The number of halogens is 2. The van der Waals surface area contributed by atoms with E-state index in [4.69, 9.17) is 23.2 Å². The van der Waals surface area contributed by atoms with Crippen molar-refractivity contribution < 1.29 is 14.5 Å². The van der Waals surface area contributed by atoms with Gasteiger partial charge in [0.2, 0.25) is 0 Å². The number of nitrogens with one attached hydrogen (secondary N) is 1. The van der Waals surface area contributed by atoms with Crippen molar-refractivity contribution in [2.24, 2.45) is 0 Å². The molecule has 1 aliphatic rings. The van der Waals surface area contributed by atoms with Gasteiger partial charge in [-0.3, -0.25) is 14.9 Å². The molecule has 2 aromatic carbocycles. The zero-order chi connectivity index (χ0) is 18.1. The van der Waals surface area contributed by atoms with Crippen LogP contribution in [0.4, 0.5) is 16.2 Å². The van der Waals surface area contributed by atoms with Gasteiger partial charge in [0.05, 0.1) is 10.6 Å². The summed E-state index contributed by atoms with van der Waals surface area (Å²) in [5.41, 5.74) is 0.933. The minimum atomic E-state index is -0.772. The van der Waals surface area contributed by atoms with E-state index in [-0.39, 0.29) is 17.8 Å². The van der Waals surface area contributed by atoms with Crippen molar-refractivity contribution in [2.45, 2.75) is 12.5 Å². The van der Waals surface area contributed by atoms with E-state index in [0.29, 0.717) is 15.6 Å². The van der Waals surface area contributed by atoms with E-state index in [1.165, 1.54) is 30.3 Å². The Kier molecular flexibility index (Phi) is 4.61. The first-order valence-corrected chi connectivity index (χ1v) is 7.94. The smallest absolute Gasteiger partial charge is 0.325 e. The highest BCUT2D eigenvalue weighted by Crippen LogP contribution is 2.28. The Hall–Kier alpha value is -2.64. The van der Waals surface area contributed by atoms with Gasteiger partial charge in [0, 0.05) is 28.6 Å². The van der Waals surface area contributed by atoms with Crippen LogP contribution in [0.5, 0.6) is 0 Å². The third-order valence-corrected chi connectivity index (χ3v) is 4.15. The molecule has 7 nitrogen and oxygen atoms in total. The second kappa shape index (κ2) is 6.70. The molecule has 25 heavy (non-hydrogen) atoms. The molecule has 1 aliphatic heterocycles. The lowest BCUT2D eigenvalue weighted by atomic mass is 10.1. The van der Waals surface area contributed by atoms with Crippen LogP contribution < -0.4 is 10.2 Å². The van der Waals surface area contributed by atoms with Gasteiger partial charge in [-0.05, 0) is 23.8 Å². The van der Waals surface area contributed by atoms with E-state index in [9.17, 15) is 19.7 Å². The molecule has 0 aliphatic carbocycles. The van der Waals surface area contributed by atoms with E-state index in [1.54, 1.807) is 12.1 Å². The van der Waals surface area contributed by atoms with Crippen molar-refractivity contribution in [3.63, 3.8) is 0 Å². The van der Waals surface area contributed by atoms with Gasteiger partial charge in [0.1, 0.15) is 6.04 Å². The van der Waals surface area contributed by atoms with Crippen molar-refractivity contribution in [3.8, 4) is 0 Å². The van der Waals surface area contributed by atoms with Crippen LogP contribution in [-0.2, 0) is 11.2 Å². The molecule has 1 heterocycles. The molecule has 1 fully saturated rings. The minimum Gasteiger partial charge on any atom is -0.325 e. The van der Waals surface area contributed by atoms with E-state index in [1.807, 2.05) is 0 Å². The fourth-order valence-corrected chi connectivity index (χ4v) is 3.09. The molecular formula is C16H11Cl2N3O4. The number of nitrogens with zero attached hydrogens (tertiary/aromatic N) is 2. The summed E-state index contributed by atoms with van der Waals surface area (Å²) in [5, 5.41) is 13.9. The second-order valence-electron chi connectivity index (χ2n) is 5.43. The number of nitro groups is 1. The van der Waals surface area contributed by atoms with Gasteiger partial charge >= 0.3 is 6.03 Å². The van der Waals surface area contributed by atoms with Gasteiger partial charge in [0.15, 0.2) is 0 Å². The van der Waals surface area contributed by atoms with Gasteiger partial charge in [0.25, 0.3) is 11.6 Å². The molecule has 128 valence electrons. The third kappa shape index (κ3) is 3.57. The highest BCUT2D eigenvalue weighted by molar-refractivity contribution is 6.35. The van der Waals surface area contributed by atoms with Crippen LogP contribution >= 0.6 is 23.2 Å². The van der Waals surface area contributed by atoms with Gasteiger partial charge in [-0.25, -0.2) is 9.69 Å². The molecule has 1 saturated heterocycles. The molecule has 1 unspecified atom stereocenters. The summed E-state index contributed by atoms with van der Waals surface area (Å²) in [7, 11) is 0. The van der Waals surface area contributed by atoms with Crippen LogP contribution in [0.2, 0.25) is 10.0 Å². The lowest BCUT2D eigenvalue weighted by molar-refractivity contribution is -0.384. The number of nitro benzene ring substituents is 1. The van der Waals surface area contributed by atoms with Crippen molar-refractivity contribution in [1.82, 2.24) is 5.32 Å². The Morgan fingerprint density at radius 1 is 1.08 bits per heavy atom. The second-order valence-corrected chi connectivity index (χ2v) is 6.30. The Balaban J connectivity index is 1.80. The highest BCUT2D eigenvalue weighted by Gasteiger charge is 2.39. The van der Waals surface area contributed by atoms with Gasteiger partial charge in [-0.2, -0.15) is 0 Å². The molecule has 1 N–H and O–H groups in total. The maximum atomic E-state index is 12.6. The summed E-state index contributed by atoms with van der Waals surface area (Å²) >= 11 is 11.8. The first-order valence-electron chi connectivity index (χ1n) is 7.19. The first kappa shape index (κ1) is 17.2. The van der Waals surface area contributed by atoms with E-state index in [2.05, 4.69) is 5.32 Å². The number of carbonyl (C=O) groups excluding carboxylic acids is 2. The SMILES string of the molecule is O=C1NC(Cc2ccc([N+](=O)[O-])cc2)C(=O)N1c1cc(Cl)cc(Cl)c1. The van der Waals surface area contributed by atoms with Crippen LogP contribution in [-0.4, -0.2) is 22.9 Å². The van der Waals surface area contributed by atoms with Crippen LogP contribution in [0.1, 0.15) is 5.56 Å². The van der Waals surface area contributed by atoms with Crippen molar-refractivity contribution in [1.29, 1.82) is 0 Å². The maximum Gasteiger partial charge on any atom is 0.329 e. The lowest BCUT2D eigenvalue weighted by Crippen LogP contribution is -2.32. The van der Waals surface area contributed by atoms with Gasteiger partial charge < -0.3 is 5.32 Å². The summed E-state index contributed by atoms with van der Waals surface area (Å²) in [6.07, 6.45) is 0.216. The highest BCUT2D eigenvalue weighted by atomic mass is 35.5.